The van der Waals surface area contributed by atoms with Crippen molar-refractivity contribution in [1.29, 1.82) is 0 Å². The maximum absolute atomic E-state index is 13.0. The van der Waals surface area contributed by atoms with E-state index in [1.54, 1.807) is 53.7 Å². The van der Waals surface area contributed by atoms with E-state index in [1.807, 2.05) is 6.92 Å². The molecule has 4 rings (SSSR count). The van der Waals surface area contributed by atoms with Gasteiger partial charge in [0.2, 0.25) is 5.91 Å². The Hall–Kier alpha value is -3.26. The highest BCUT2D eigenvalue weighted by atomic mass is 16.5. The minimum absolute atomic E-state index is 0.0491. The van der Waals surface area contributed by atoms with Crippen molar-refractivity contribution in [3.8, 4) is 5.75 Å². The Bertz CT molecular complexity index is 924. The molecule has 0 aliphatic carbocycles. The lowest BCUT2D eigenvalue weighted by Crippen LogP contribution is -3.19. The predicted molar refractivity (Wildman–Crippen MR) is 109 cm³/mol. The smallest absolute Gasteiger partial charge is 0.292 e. The molecule has 8 heteroatoms. The van der Waals surface area contributed by atoms with E-state index in [-0.39, 0.29) is 24.1 Å². The van der Waals surface area contributed by atoms with Crippen molar-refractivity contribution in [3.63, 3.8) is 0 Å². The van der Waals surface area contributed by atoms with Crippen LogP contribution in [0.1, 0.15) is 23.7 Å². The molecule has 1 N–H and O–H groups in total. The van der Waals surface area contributed by atoms with Crippen LogP contribution in [0.4, 0.5) is 5.69 Å². The molecule has 156 valence electrons. The summed E-state index contributed by atoms with van der Waals surface area (Å²) < 4.78 is 5.43. The molecule has 2 saturated heterocycles. The molecule has 2 aliphatic rings. The second-order valence-corrected chi connectivity index (χ2v) is 7.44. The number of rotatable bonds is 5. The minimum atomic E-state index is -0.403. The molecule has 1 aromatic heterocycles. The lowest BCUT2D eigenvalue weighted by atomic mass is 10.1. The molecular weight excluding hydrogens is 384 g/mol. The molecule has 2 aromatic rings. The fraction of sp³-hybridized carbons (Fsp3) is 0.364. The number of piperazine rings is 1. The molecule has 1 atom stereocenters. The molecular formula is C22H25N4O4+. The number of anilines is 1. The molecule has 1 aromatic carbocycles. The number of hydrogen-bond donors (Lipinski definition) is 1. The second-order valence-electron chi connectivity index (χ2n) is 7.44. The van der Waals surface area contributed by atoms with E-state index in [2.05, 4.69) is 4.98 Å². The highest BCUT2D eigenvalue weighted by Gasteiger charge is 2.46. The van der Waals surface area contributed by atoms with Crippen molar-refractivity contribution in [2.24, 2.45) is 0 Å². The molecule has 0 saturated carbocycles. The van der Waals surface area contributed by atoms with Crippen molar-refractivity contribution >= 4 is 23.4 Å². The van der Waals surface area contributed by atoms with Gasteiger partial charge in [0.25, 0.3) is 11.8 Å². The highest BCUT2D eigenvalue weighted by molar-refractivity contribution is 6.21. The van der Waals surface area contributed by atoms with E-state index in [0.29, 0.717) is 49.8 Å². The Balaban J connectivity index is 1.39. The van der Waals surface area contributed by atoms with Gasteiger partial charge in [-0.15, -0.1) is 0 Å². The molecule has 2 aliphatic heterocycles. The van der Waals surface area contributed by atoms with Gasteiger partial charge in [0, 0.05) is 12.4 Å². The zero-order valence-electron chi connectivity index (χ0n) is 16.9. The molecule has 0 radical (unpaired) electrons. The van der Waals surface area contributed by atoms with Gasteiger partial charge in [0.1, 0.15) is 5.75 Å². The SMILES string of the molecule is CCOc1ccc(N2C(=O)C[C@@H]([NH+]3CCN(C(=O)c4cccnc4)CC3)C2=O)cc1. The normalized spacial score (nSPS) is 20.0. The average Bonchev–Trinajstić information content (AvgIpc) is 3.09. The molecule has 0 unspecified atom stereocenters. The van der Waals surface area contributed by atoms with E-state index in [0.717, 1.165) is 4.90 Å². The molecule has 30 heavy (non-hydrogen) atoms. The summed E-state index contributed by atoms with van der Waals surface area (Å²) >= 11 is 0. The second kappa shape index (κ2) is 8.62. The van der Waals surface area contributed by atoms with Crippen molar-refractivity contribution in [2.45, 2.75) is 19.4 Å². The predicted octanol–water partition coefficient (Wildman–Crippen LogP) is 0.153. The van der Waals surface area contributed by atoms with Crippen LogP contribution in [0.15, 0.2) is 48.8 Å². The van der Waals surface area contributed by atoms with Gasteiger partial charge < -0.3 is 14.5 Å². The van der Waals surface area contributed by atoms with Crippen LogP contribution >= 0.6 is 0 Å². The Morgan fingerprint density at radius 2 is 1.90 bits per heavy atom. The highest BCUT2D eigenvalue weighted by Crippen LogP contribution is 2.24. The van der Waals surface area contributed by atoms with E-state index >= 15 is 0 Å². The summed E-state index contributed by atoms with van der Waals surface area (Å²) in [5.41, 5.74) is 1.13. The van der Waals surface area contributed by atoms with Crippen LogP contribution in [0.5, 0.6) is 5.75 Å². The maximum atomic E-state index is 13.0. The number of nitrogens with one attached hydrogen (secondary N) is 1. The van der Waals surface area contributed by atoms with Gasteiger partial charge in [-0.3, -0.25) is 19.4 Å². The first-order chi connectivity index (χ1) is 14.6. The largest absolute Gasteiger partial charge is 0.494 e. The number of hydrogen-bond acceptors (Lipinski definition) is 5. The molecule has 0 bridgehead atoms. The van der Waals surface area contributed by atoms with Crippen LogP contribution in [0.3, 0.4) is 0 Å². The third kappa shape index (κ3) is 3.91. The first-order valence-corrected chi connectivity index (χ1v) is 10.2. The van der Waals surface area contributed by atoms with Crippen LogP contribution in [0.25, 0.3) is 0 Å². The maximum Gasteiger partial charge on any atom is 0.292 e. The quantitative estimate of drug-likeness (QED) is 0.711. The zero-order valence-corrected chi connectivity index (χ0v) is 16.9. The van der Waals surface area contributed by atoms with Gasteiger partial charge in [0.05, 0.1) is 50.5 Å². The van der Waals surface area contributed by atoms with E-state index in [4.69, 9.17) is 4.74 Å². The molecule has 2 fully saturated rings. The number of nitrogens with zero attached hydrogens (tertiary/aromatic N) is 3. The molecule has 3 heterocycles. The van der Waals surface area contributed by atoms with Crippen molar-refractivity contribution in [2.75, 3.05) is 37.7 Å². The Morgan fingerprint density at radius 3 is 2.53 bits per heavy atom. The van der Waals surface area contributed by atoms with E-state index in [1.165, 1.54) is 4.90 Å². The number of carbonyl (C=O) groups excluding carboxylic acids is 3. The first-order valence-electron chi connectivity index (χ1n) is 10.2. The number of ether oxygens (including phenoxy) is 1. The van der Waals surface area contributed by atoms with Gasteiger partial charge >= 0.3 is 0 Å². The average molecular weight is 409 g/mol. The van der Waals surface area contributed by atoms with Crippen LogP contribution in [-0.4, -0.2) is 66.4 Å². The topological polar surface area (TPSA) is 84.2 Å². The fourth-order valence-electron chi connectivity index (χ4n) is 4.10. The monoisotopic (exact) mass is 409 g/mol. The van der Waals surface area contributed by atoms with Crippen molar-refractivity contribution in [3.05, 3.63) is 54.4 Å². The summed E-state index contributed by atoms with van der Waals surface area (Å²) in [4.78, 5) is 46.3. The summed E-state index contributed by atoms with van der Waals surface area (Å²) in [5.74, 6) is 0.297. The molecule has 0 spiro atoms. The van der Waals surface area contributed by atoms with Gasteiger partial charge in [-0.2, -0.15) is 0 Å². The lowest BCUT2D eigenvalue weighted by Gasteiger charge is -2.34. The number of amides is 3. The number of benzene rings is 1. The standard InChI is InChI=1S/C22H24N4O4/c1-2-30-18-7-5-17(6-8-18)26-20(27)14-19(22(26)29)24-10-12-25(13-11-24)21(28)16-4-3-9-23-15-16/h3-9,15,19H,2,10-14H2,1H3/p+1/t19-/m1/s1. The van der Waals surface area contributed by atoms with Crippen LogP contribution in [-0.2, 0) is 9.59 Å². The first kappa shape index (κ1) is 20.0. The number of quaternary nitrogens is 1. The minimum Gasteiger partial charge on any atom is -0.494 e. The summed E-state index contributed by atoms with van der Waals surface area (Å²) in [6.45, 7) is 4.81. The van der Waals surface area contributed by atoms with Gasteiger partial charge in [-0.1, -0.05) is 0 Å². The van der Waals surface area contributed by atoms with Gasteiger partial charge in [-0.05, 0) is 43.3 Å². The Labute approximate surface area is 175 Å². The van der Waals surface area contributed by atoms with Gasteiger partial charge in [-0.25, -0.2) is 4.90 Å². The van der Waals surface area contributed by atoms with Gasteiger partial charge in [0.15, 0.2) is 6.04 Å². The number of pyridine rings is 1. The Kier molecular flexibility index (Phi) is 5.76. The number of imide groups is 1. The molecule has 8 nitrogen and oxygen atoms in total. The summed E-state index contributed by atoms with van der Waals surface area (Å²) in [5, 5.41) is 0. The van der Waals surface area contributed by atoms with E-state index in [9.17, 15) is 14.4 Å². The Morgan fingerprint density at radius 1 is 1.17 bits per heavy atom. The van der Waals surface area contributed by atoms with Crippen molar-refractivity contribution < 1.29 is 24.0 Å². The summed E-state index contributed by atoms with van der Waals surface area (Å²) in [6, 6.07) is 10.1. The van der Waals surface area contributed by atoms with Crippen molar-refractivity contribution in [1.82, 2.24) is 9.88 Å². The summed E-state index contributed by atoms with van der Waals surface area (Å²) in [7, 11) is 0. The van der Waals surface area contributed by atoms with Crippen LogP contribution in [0.2, 0.25) is 0 Å². The zero-order chi connectivity index (χ0) is 21.1. The fourth-order valence-corrected chi connectivity index (χ4v) is 4.10. The van der Waals surface area contributed by atoms with Crippen LogP contribution in [0, 0.1) is 0 Å². The number of aromatic nitrogens is 1. The third-order valence-electron chi connectivity index (χ3n) is 5.65. The third-order valence-corrected chi connectivity index (χ3v) is 5.65. The molecule has 3 amide bonds. The summed E-state index contributed by atoms with van der Waals surface area (Å²) in [6.07, 6.45) is 3.39. The van der Waals surface area contributed by atoms with E-state index < -0.39 is 6.04 Å². The number of carbonyl (C=O) groups is 3. The lowest BCUT2D eigenvalue weighted by molar-refractivity contribution is -0.918. The van der Waals surface area contributed by atoms with Crippen LogP contribution < -0.4 is 14.5 Å².